The van der Waals surface area contributed by atoms with E-state index in [1.54, 1.807) is 29.2 Å². The molecule has 0 bridgehead atoms. The van der Waals surface area contributed by atoms with Crippen molar-refractivity contribution in [2.75, 3.05) is 44.2 Å². The van der Waals surface area contributed by atoms with Crippen molar-refractivity contribution in [2.45, 2.75) is 25.8 Å². The summed E-state index contributed by atoms with van der Waals surface area (Å²) in [5, 5.41) is 8.95. The SMILES string of the molecule is N#Cc1ccc(CN2CCC(CC(=O)c3ccc(C(=O)N4CCN(c5ccc(F)cc5)CC4)cn3)CC2)cc1. The lowest BCUT2D eigenvalue weighted by Gasteiger charge is -2.36. The fourth-order valence-corrected chi connectivity index (χ4v) is 5.35. The summed E-state index contributed by atoms with van der Waals surface area (Å²) in [6.45, 7) is 5.22. The number of amides is 1. The van der Waals surface area contributed by atoms with Crippen molar-refractivity contribution in [2.24, 2.45) is 5.92 Å². The van der Waals surface area contributed by atoms with E-state index in [0.717, 1.165) is 38.2 Å². The first-order valence-electron chi connectivity index (χ1n) is 13.5. The third-order valence-electron chi connectivity index (χ3n) is 7.73. The number of aromatic nitrogens is 1. The van der Waals surface area contributed by atoms with Crippen LogP contribution in [0.4, 0.5) is 10.1 Å². The Morgan fingerprint density at radius 2 is 1.59 bits per heavy atom. The molecule has 0 radical (unpaired) electrons. The molecule has 7 nitrogen and oxygen atoms in total. The van der Waals surface area contributed by atoms with E-state index in [1.165, 1.54) is 23.9 Å². The summed E-state index contributed by atoms with van der Waals surface area (Å²) >= 11 is 0. The molecule has 2 aromatic carbocycles. The van der Waals surface area contributed by atoms with E-state index >= 15 is 0 Å². The molecule has 39 heavy (non-hydrogen) atoms. The van der Waals surface area contributed by atoms with E-state index in [4.69, 9.17) is 5.26 Å². The van der Waals surface area contributed by atoms with Crippen LogP contribution in [-0.2, 0) is 6.54 Å². The van der Waals surface area contributed by atoms with Crippen LogP contribution in [0.3, 0.4) is 0 Å². The molecular formula is C31H32FN5O2. The summed E-state index contributed by atoms with van der Waals surface area (Å²) in [5.74, 6) is 0.000969. The molecule has 2 aliphatic rings. The van der Waals surface area contributed by atoms with Crippen LogP contribution in [0.15, 0.2) is 66.9 Å². The van der Waals surface area contributed by atoms with E-state index < -0.39 is 0 Å². The van der Waals surface area contributed by atoms with Crippen molar-refractivity contribution >= 4 is 17.4 Å². The monoisotopic (exact) mass is 525 g/mol. The molecule has 200 valence electrons. The Hall–Kier alpha value is -4.09. The lowest BCUT2D eigenvalue weighted by atomic mass is 9.90. The number of hydrogen-bond acceptors (Lipinski definition) is 6. The molecule has 0 aliphatic carbocycles. The first kappa shape index (κ1) is 26.5. The van der Waals surface area contributed by atoms with Crippen molar-refractivity contribution in [3.8, 4) is 6.07 Å². The van der Waals surface area contributed by atoms with Gasteiger partial charge in [0.15, 0.2) is 5.78 Å². The average molecular weight is 526 g/mol. The van der Waals surface area contributed by atoms with Gasteiger partial charge in [-0.2, -0.15) is 5.26 Å². The standard InChI is InChI=1S/C31H32FN5O2/c32-27-6-8-28(9-7-27)36-15-17-37(18-16-36)31(39)26-5-10-29(34-21-26)30(38)19-23-11-13-35(14-12-23)22-25-3-1-24(20-33)2-4-25/h1-10,21,23H,11-19,22H2. The summed E-state index contributed by atoms with van der Waals surface area (Å²) in [7, 11) is 0. The van der Waals surface area contributed by atoms with Gasteiger partial charge in [0.05, 0.1) is 17.2 Å². The zero-order valence-electron chi connectivity index (χ0n) is 21.9. The van der Waals surface area contributed by atoms with Crippen LogP contribution in [0.5, 0.6) is 0 Å². The fraction of sp³-hybridized carbons (Fsp3) is 0.355. The minimum atomic E-state index is -0.261. The van der Waals surface area contributed by atoms with Crippen LogP contribution < -0.4 is 4.90 Å². The summed E-state index contributed by atoms with van der Waals surface area (Å²) in [6, 6.07) is 19.6. The Labute approximate surface area is 228 Å². The number of anilines is 1. The van der Waals surface area contributed by atoms with Crippen LogP contribution in [0.2, 0.25) is 0 Å². The Bertz CT molecular complexity index is 1320. The molecule has 1 aromatic heterocycles. The maximum atomic E-state index is 13.2. The summed E-state index contributed by atoms with van der Waals surface area (Å²) in [6.07, 6.45) is 3.91. The van der Waals surface area contributed by atoms with Gasteiger partial charge >= 0.3 is 0 Å². The zero-order chi connectivity index (χ0) is 27.2. The van der Waals surface area contributed by atoms with Gasteiger partial charge in [-0.25, -0.2) is 4.39 Å². The number of hydrogen-bond donors (Lipinski definition) is 0. The van der Waals surface area contributed by atoms with Crippen molar-refractivity contribution < 1.29 is 14.0 Å². The summed E-state index contributed by atoms with van der Waals surface area (Å²) in [5.41, 5.74) is 3.70. The highest BCUT2D eigenvalue weighted by molar-refractivity contribution is 5.97. The molecule has 1 amide bonds. The second-order valence-corrected chi connectivity index (χ2v) is 10.3. The largest absolute Gasteiger partial charge is 0.368 e. The molecule has 2 fully saturated rings. The normalized spacial score (nSPS) is 16.6. The number of piperazine rings is 1. The Morgan fingerprint density at radius 1 is 0.897 bits per heavy atom. The van der Waals surface area contributed by atoms with Gasteiger partial charge in [0.25, 0.3) is 5.91 Å². The second-order valence-electron chi connectivity index (χ2n) is 10.3. The van der Waals surface area contributed by atoms with Crippen molar-refractivity contribution in [1.29, 1.82) is 5.26 Å². The Balaban J connectivity index is 1.07. The Kier molecular flexibility index (Phi) is 8.28. The molecular weight excluding hydrogens is 493 g/mol. The van der Waals surface area contributed by atoms with Crippen LogP contribution in [0, 0.1) is 23.1 Å². The minimum absolute atomic E-state index is 0.0208. The molecule has 0 spiro atoms. The molecule has 2 saturated heterocycles. The summed E-state index contributed by atoms with van der Waals surface area (Å²) < 4.78 is 13.2. The number of ketones is 1. The minimum Gasteiger partial charge on any atom is -0.368 e. The zero-order valence-corrected chi connectivity index (χ0v) is 21.9. The molecule has 3 aromatic rings. The van der Waals surface area contributed by atoms with Gasteiger partial charge in [0, 0.05) is 51.0 Å². The third kappa shape index (κ3) is 6.68. The number of piperidine rings is 1. The molecule has 0 saturated carbocycles. The van der Waals surface area contributed by atoms with Crippen LogP contribution in [-0.4, -0.2) is 65.7 Å². The molecule has 0 N–H and O–H groups in total. The number of rotatable bonds is 7. The van der Waals surface area contributed by atoms with Gasteiger partial charge < -0.3 is 9.80 Å². The van der Waals surface area contributed by atoms with E-state index in [-0.39, 0.29) is 17.5 Å². The molecule has 8 heteroatoms. The number of pyridine rings is 1. The number of likely N-dealkylation sites (tertiary alicyclic amines) is 1. The highest BCUT2D eigenvalue weighted by Crippen LogP contribution is 2.24. The number of halogens is 1. The lowest BCUT2D eigenvalue weighted by molar-refractivity contribution is 0.0745. The van der Waals surface area contributed by atoms with Crippen molar-refractivity contribution in [3.63, 3.8) is 0 Å². The number of carbonyl (C=O) groups excluding carboxylic acids is 2. The Morgan fingerprint density at radius 3 is 2.21 bits per heavy atom. The molecule has 5 rings (SSSR count). The average Bonchev–Trinajstić information content (AvgIpc) is 2.99. The van der Waals surface area contributed by atoms with E-state index in [9.17, 15) is 14.0 Å². The predicted octanol–water partition coefficient (Wildman–Crippen LogP) is 4.54. The van der Waals surface area contributed by atoms with Crippen LogP contribution in [0.25, 0.3) is 0 Å². The topological polar surface area (TPSA) is 80.5 Å². The summed E-state index contributed by atoms with van der Waals surface area (Å²) in [4.78, 5) is 36.6. The number of nitrogens with zero attached hydrogens (tertiary/aromatic N) is 5. The highest BCUT2D eigenvalue weighted by Gasteiger charge is 2.25. The quantitative estimate of drug-likeness (QED) is 0.422. The maximum absolute atomic E-state index is 13.2. The number of nitriles is 1. The van der Waals surface area contributed by atoms with Gasteiger partial charge in [-0.05, 0) is 85.9 Å². The highest BCUT2D eigenvalue weighted by atomic mass is 19.1. The van der Waals surface area contributed by atoms with Gasteiger partial charge in [-0.1, -0.05) is 12.1 Å². The van der Waals surface area contributed by atoms with Gasteiger partial charge in [-0.15, -0.1) is 0 Å². The van der Waals surface area contributed by atoms with Gasteiger partial charge in [-0.3, -0.25) is 19.5 Å². The van der Waals surface area contributed by atoms with E-state index in [0.29, 0.717) is 55.3 Å². The van der Waals surface area contributed by atoms with Gasteiger partial charge in [0.2, 0.25) is 0 Å². The number of carbonyl (C=O) groups is 2. The first-order chi connectivity index (χ1) is 19.0. The van der Waals surface area contributed by atoms with E-state index in [2.05, 4.69) is 20.9 Å². The predicted molar refractivity (Wildman–Crippen MR) is 147 cm³/mol. The fourth-order valence-electron chi connectivity index (χ4n) is 5.35. The van der Waals surface area contributed by atoms with Crippen LogP contribution in [0.1, 0.15) is 51.2 Å². The molecule has 0 atom stereocenters. The molecule has 3 heterocycles. The number of benzene rings is 2. The first-order valence-corrected chi connectivity index (χ1v) is 13.5. The second kappa shape index (κ2) is 12.2. The molecule has 2 aliphatic heterocycles. The lowest BCUT2D eigenvalue weighted by Crippen LogP contribution is -2.48. The van der Waals surface area contributed by atoms with Crippen molar-refractivity contribution in [3.05, 3.63) is 95.1 Å². The maximum Gasteiger partial charge on any atom is 0.255 e. The molecule has 0 unspecified atom stereocenters. The number of Topliss-reactive ketones (excluding diaryl/α,β-unsaturated/α-hetero) is 1. The van der Waals surface area contributed by atoms with Gasteiger partial charge in [0.1, 0.15) is 11.5 Å². The van der Waals surface area contributed by atoms with Crippen LogP contribution >= 0.6 is 0 Å². The smallest absolute Gasteiger partial charge is 0.255 e. The third-order valence-corrected chi connectivity index (χ3v) is 7.73. The van der Waals surface area contributed by atoms with E-state index in [1.807, 2.05) is 24.3 Å². The van der Waals surface area contributed by atoms with Crippen molar-refractivity contribution in [1.82, 2.24) is 14.8 Å².